The summed E-state index contributed by atoms with van der Waals surface area (Å²) in [6.45, 7) is 6.98. The Bertz CT molecular complexity index is 1570. The number of hydrogen-bond donors (Lipinski definition) is 0. The van der Waals surface area contributed by atoms with Crippen LogP contribution in [0.15, 0.2) is 66.9 Å². The number of amides is 1. The molecule has 1 amide bonds. The van der Waals surface area contributed by atoms with E-state index in [1.807, 2.05) is 48.5 Å². The first-order valence-electron chi connectivity index (χ1n) is 14.8. The molecule has 0 N–H and O–H groups in total. The average molecular weight is 563 g/mol. The lowest BCUT2D eigenvalue weighted by Crippen LogP contribution is -2.48. The third-order valence-corrected chi connectivity index (χ3v) is 8.91. The number of nitriles is 1. The number of fused-ring (bicyclic) bond motifs is 1. The summed E-state index contributed by atoms with van der Waals surface area (Å²) in [7, 11) is 3.64. The average Bonchev–Trinajstić information content (AvgIpc) is 3.37. The summed E-state index contributed by atoms with van der Waals surface area (Å²) in [6.07, 6.45) is 4.16. The van der Waals surface area contributed by atoms with E-state index in [2.05, 4.69) is 55.8 Å². The van der Waals surface area contributed by atoms with Gasteiger partial charge in [-0.2, -0.15) is 5.26 Å². The summed E-state index contributed by atoms with van der Waals surface area (Å²) in [4.78, 5) is 24.8. The molecule has 0 bridgehead atoms. The number of benzene rings is 2. The Labute approximate surface area is 247 Å². The van der Waals surface area contributed by atoms with E-state index in [9.17, 15) is 4.79 Å². The fourth-order valence-electron chi connectivity index (χ4n) is 6.35. The maximum atomic E-state index is 13.6. The molecule has 2 aliphatic rings. The highest BCUT2D eigenvalue weighted by atomic mass is 16.5. The van der Waals surface area contributed by atoms with Crippen LogP contribution in [0.2, 0.25) is 0 Å². The van der Waals surface area contributed by atoms with Gasteiger partial charge in [-0.25, -0.2) is 4.98 Å². The molecule has 2 aromatic heterocycles. The van der Waals surface area contributed by atoms with Crippen molar-refractivity contribution in [3.8, 4) is 11.9 Å². The monoisotopic (exact) mass is 562 g/mol. The number of hydrogen-bond acceptors (Lipinski definition) is 6. The normalized spacial score (nSPS) is 16.9. The van der Waals surface area contributed by atoms with Crippen molar-refractivity contribution in [1.29, 1.82) is 5.26 Å². The molecular weight excluding hydrogens is 524 g/mol. The number of nitrogens with zero attached hydrogens (tertiary/aromatic N) is 6. The highest BCUT2D eigenvalue weighted by Crippen LogP contribution is 2.32. The van der Waals surface area contributed by atoms with Crippen LogP contribution in [-0.4, -0.2) is 76.5 Å². The van der Waals surface area contributed by atoms with Crippen molar-refractivity contribution in [2.75, 3.05) is 46.4 Å². The van der Waals surface area contributed by atoms with Crippen LogP contribution >= 0.6 is 0 Å². The van der Waals surface area contributed by atoms with Crippen molar-refractivity contribution in [1.82, 2.24) is 24.3 Å². The van der Waals surface area contributed by atoms with Gasteiger partial charge in [0.05, 0.1) is 18.7 Å². The predicted molar refractivity (Wildman–Crippen MR) is 163 cm³/mol. The second-order valence-electron chi connectivity index (χ2n) is 11.5. The third kappa shape index (κ3) is 6.03. The largest absolute Gasteiger partial charge is 0.481 e. The van der Waals surface area contributed by atoms with Gasteiger partial charge < -0.3 is 14.2 Å². The van der Waals surface area contributed by atoms with Crippen LogP contribution in [0, 0.1) is 11.3 Å². The third-order valence-electron chi connectivity index (χ3n) is 8.91. The molecule has 0 atom stereocenters. The lowest BCUT2D eigenvalue weighted by Gasteiger charge is -2.34. The molecule has 0 saturated carbocycles. The molecule has 4 aromatic rings. The molecule has 4 heterocycles. The number of likely N-dealkylation sites (tertiary alicyclic amines) is 1. The second-order valence-corrected chi connectivity index (χ2v) is 11.5. The molecule has 2 fully saturated rings. The Morgan fingerprint density at radius 1 is 0.905 bits per heavy atom. The quantitative estimate of drug-likeness (QED) is 0.322. The zero-order valence-corrected chi connectivity index (χ0v) is 24.5. The van der Waals surface area contributed by atoms with Gasteiger partial charge in [0.15, 0.2) is 0 Å². The van der Waals surface area contributed by atoms with Gasteiger partial charge in [0.25, 0.3) is 5.91 Å². The molecule has 2 saturated heterocycles. The molecule has 0 unspecified atom stereocenters. The Morgan fingerprint density at radius 2 is 1.60 bits per heavy atom. The molecule has 6 rings (SSSR count). The van der Waals surface area contributed by atoms with Gasteiger partial charge in [0.2, 0.25) is 5.88 Å². The second kappa shape index (κ2) is 12.4. The fourth-order valence-corrected chi connectivity index (χ4v) is 6.35. The summed E-state index contributed by atoms with van der Waals surface area (Å²) in [5.41, 5.74) is 6.31. The van der Waals surface area contributed by atoms with Crippen LogP contribution in [0.5, 0.6) is 5.88 Å². The predicted octanol–water partition coefficient (Wildman–Crippen LogP) is 4.79. The Kier molecular flexibility index (Phi) is 8.22. The van der Waals surface area contributed by atoms with Crippen molar-refractivity contribution in [2.24, 2.45) is 7.05 Å². The summed E-state index contributed by atoms with van der Waals surface area (Å²) in [6, 6.07) is 22.8. The van der Waals surface area contributed by atoms with Gasteiger partial charge in [-0.1, -0.05) is 24.3 Å². The number of aryl methyl sites for hydroxylation is 1. The zero-order valence-electron chi connectivity index (χ0n) is 24.5. The summed E-state index contributed by atoms with van der Waals surface area (Å²) < 4.78 is 7.23. The van der Waals surface area contributed by atoms with E-state index in [4.69, 9.17) is 10.00 Å². The maximum Gasteiger partial charge on any atom is 0.270 e. The summed E-state index contributed by atoms with van der Waals surface area (Å²) in [5, 5.41) is 10.2. The number of pyridine rings is 1. The zero-order chi connectivity index (χ0) is 29.1. The molecule has 216 valence electrons. The van der Waals surface area contributed by atoms with Gasteiger partial charge in [-0.3, -0.25) is 14.6 Å². The van der Waals surface area contributed by atoms with Crippen molar-refractivity contribution >= 4 is 16.8 Å². The first-order chi connectivity index (χ1) is 20.5. The molecule has 8 heteroatoms. The number of piperidine rings is 1. The lowest BCUT2D eigenvalue weighted by molar-refractivity contribution is 0.0619. The molecule has 8 nitrogen and oxygen atoms in total. The Hall–Kier alpha value is -4.19. The van der Waals surface area contributed by atoms with E-state index in [-0.39, 0.29) is 5.91 Å². The number of methoxy groups -OCH3 is 1. The highest BCUT2D eigenvalue weighted by molar-refractivity contribution is 5.99. The van der Waals surface area contributed by atoms with E-state index >= 15 is 0 Å². The highest BCUT2D eigenvalue weighted by Gasteiger charge is 2.26. The summed E-state index contributed by atoms with van der Waals surface area (Å²) >= 11 is 0. The smallest absolute Gasteiger partial charge is 0.270 e. The van der Waals surface area contributed by atoms with Crippen LogP contribution in [0.4, 0.5) is 0 Å². The van der Waals surface area contributed by atoms with E-state index < -0.39 is 0 Å². The first kappa shape index (κ1) is 28.0. The SMILES string of the molecule is COc1ccc(CN2CCC(c3ccc4c(c3)cc(C(=O)N3CCN(Cc5ccc(C#N)cc5)CC3)n4C)CC2)cn1. The van der Waals surface area contributed by atoms with E-state index in [1.54, 1.807) is 7.11 Å². The topological polar surface area (TPSA) is 77.6 Å². The Balaban J connectivity index is 1.05. The minimum absolute atomic E-state index is 0.106. The minimum Gasteiger partial charge on any atom is -0.481 e. The minimum atomic E-state index is 0.106. The number of aromatic nitrogens is 2. The van der Waals surface area contributed by atoms with Crippen molar-refractivity contribution in [3.05, 3.63) is 94.8 Å². The fraction of sp³-hybridized carbons (Fsp3) is 0.382. The first-order valence-corrected chi connectivity index (χ1v) is 14.8. The number of carbonyl (C=O) groups excluding carboxylic acids is 1. The van der Waals surface area contributed by atoms with Crippen LogP contribution in [0.25, 0.3) is 10.9 Å². The lowest BCUT2D eigenvalue weighted by atomic mass is 9.89. The van der Waals surface area contributed by atoms with Gasteiger partial charge in [-0.05, 0) is 78.9 Å². The van der Waals surface area contributed by atoms with Gasteiger partial charge in [-0.15, -0.1) is 0 Å². The molecule has 2 aromatic carbocycles. The number of piperazine rings is 1. The standard InChI is InChI=1S/C34H38N6O2/c1-37-31-9-8-29(28-11-13-38(14-12-28)24-27-7-10-33(42-2)36-22-27)19-30(31)20-32(37)34(41)40-17-15-39(16-18-40)23-26-5-3-25(21-35)4-6-26/h3-10,19-20,22,28H,11-18,23-24H2,1-2H3. The van der Waals surface area contributed by atoms with Crippen LogP contribution < -0.4 is 4.74 Å². The van der Waals surface area contributed by atoms with Crippen molar-refractivity contribution in [2.45, 2.75) is 31.8 Å². The summed E-state index contributed by atoms with van der Waals surface area (Å²) in [5.74, 6) is 1.29. The van der Waals surface area contributed by atoms with Crippen LogP contribution in [-0.2, 0) is 20.1 Å². The van der Waals surface area contributed by atoms with E-state index in [0.717, 1.165) is 68.7 Å². The molecule has 0 spiro atoms. The maximum absolute atomic E-state index is 13.6. The molecule has 0 radical (unpaired) electrons. The molecule has 2 aliphatic heterocycles. The van der Waals surface area contributed by atoms with Crippen molar-refractivity contribution < 1.29 is 9.53 Å². The van der Waals surface area contributed by atoms with Crippen LogP contribution in [0.1, 0.15) is 51.5 Å². The van der Waals surface area contributed by atoms with E-state index in [0.29, 0.717) is 30.5 Å². The molecular formula is C34H38N6O2. The van der Waals surface area contributed by atoms with Gasteiger partial charge >= 0.3 is 0 Å². The van der Waals surface area contributed by atoms with Crippen molar-refractivity contribution in [3.63, 3.8) is 0 Å². The van der Waals surface area contributed by atoms with E-state index in [1.165, 1.54) is 16.7 Å². The number of carbonyl (C=O) groups is 1. The Morgan fingerprint density at radius 3 is 2.26 bits per heavy atom. The number of rotatable bonds is 7. The number of ether oxygens (including phenoxy) is 1. The molecule has 42 heavy (non-hydrogen) atoms. The van der Waals surface area contributed by atoms with Gasteiger partial charge in [0.1, 0.15) is 5.69 Å². The molecule has 0 aliphatic carbocycles. The van der Waals surface area contributed by atoms with Crippen LogP contribution in [0.3, 0.4) is 0 Å². The van der Waals surface area contributed by atoms with Gasteiger partial charge in [0, 0.05) is 69.5 Å².